The Morgan fingerprint density at radius 3 is 2.88 bits per heavy atom. The Balaban J connectivity index is 2.67. The van der Waals surface area contributed by atoms with Crippen molar-refractivity contribution >= 4 is 17.3 Å². The molecule has 0 amide bonds. The summed E-state index contributed by atoms with van der Waals surface area (Å²) in [7, 11) is 0. The van der Waals surface area contributed by atoms with Crippen molar-refractivity contribution in [3.05, 3.63) is 35.6 Å². The zero-order valence-electron chi connectivity index (χ0n) is 8.67. The summed E-state index contributed by atoms with van der Waals surface area (Å²) in [6.07, 6.45) is 2.20. The van der Waals surface area contributed by atoms with Gasteiger partial charge in [-0.05, 0) is 12.0 Å². The quantitative estimate of drug-likeness (QED) is 0.748. The molecular formula is C12H10F2O2. The maximum absolute atomic E-state index is 13.6. The summed E-state index contributed by atoms with van der Waals surface area (Å²) in [5, 5.41) is 0.245. The fourth-order valence-electron chi connectivity index (χ4n) is 1.80. The zero-order chi connectivity index (χ0) is 11.7. The van der Waals surface area contributed by atoms with E-state index in [1.54, 1.807) is 6.92 Å². The van der Waals surface area contributed by atoms with Gasteiger partial charge in [-0.25, -0.2) is 8.78 Å². The number of furan rings is 1. The lowest BCUT2D eigenvalue weighted by Gasteiger charge is -2.10. The van der Waals surface area contributed by atoms with E-state index < -0.39 is 11.6 Å². The predicted molar refractivity (Wildman–Crippen MR) is 55.2 cm³/mol. The van der Waals surface area contributed by atoms with Crippen LogP contribution in [0.2, 0.25) is 0 Å². The highest BCUT2D eigenvalue weighted by atomic mass is 19.1. The van der Waals surface area contributed by atoms with Gasteiger partial charge in [-0.2, -0.15) is 0 Å². The Labute approximate surface area is 90.9 Å². The van der Waals surface area contributed by atoms with Crippen molar-refractivity contribution in [2.75, 3.05) is 0 Å². The van der Waals surface area contributed by atoms with Crippen LogP contribution in [0.25, 0.3) is 11.0 Å². The van der Waals surface area contributed by atoms with Crippen LogP contribution in [0.3, 0.4) is 0 Å². The highest BCUT2D eigenvalue weighted by Crippen LogP contribution is 2.32. The normalized spacial score (nSPS) is 12.9. The van der Waals surface area contributed by atoms with E-state index in [1.807, 2.05) is 0 Å². The van der Waals surface area contributed by atoms with Crippen LogP contribution in [0.15, 0.2) is 22.8 Å². The molecule has 0 saturated carbocycles. The molecular weight excluding hydrogens is 214 g/mol. The molecule has 0 aliphatic rings. The number of hydrogen-bond donors (Lipinski definition) is 0. The molecule has 2 rings (SSSR count). The van der Waals surface area contributed by atoms with Crippen LogP contribution in [0.5, 0.6) is 0 Å². The van der Waals surface area contributed by atoms with Gasteiger partial charge >= 0.3 is 0 Å². The topological polar surface area (TPSA) is 30.2 Å². The van der Waals surface area contributed by atoms with Gasteiger partial charge in [0, 0.05) is 18.1 Å². The summed E-state index contributed by atoms with van der Waals surface area (Å²) in [5.74, 6) is -1.65. The van der Waals surface area contributed by atoms with Crippen LogP contribution in [-0.2, 0) is 4.79 Å². The first kappa shape index (κ1) is 10.8. The molecule has 2 aromatic rings. The van der Waals surface area contributed by atoms with Gasteiger partial charge in [0.25, 0.3) is 0 Å². The number of rotatable bonds is 3. The van der Waals surface area contributed by atoms with Crippen LogP contribution in [0, 0.1) is 11.6 Å². The van der Waals surface area contributed by atoms with Gasteiger partial charge in [0.1, 0.15) is 23.5 Å². The Morgan fingerprint density at radius 2 is 2.19 bits per heavy atom. The smallest absolute Gasteiger partial charge is 0.143 e. The molecule has 0 aliphatic heterocycles. The van der Waals surface area contributed by atoms with Crippen molar-refractivity contribution in [3.63, 3.8) is 0 Å². The maximum atomic E-state index is 13.6. The summed E-state index contributed by atoms with van der Waals surface area (Å²) in [4.78, 5) is 10.4. The molecule has 4 heteroatoms. The number of carbonyl (C=O) groups is 1. The van der Waals surface area contributed by atoms with E-state index >= 15 is 0 Å². The van der Waals surface area contributed by atoms with Crippen molar-refractivity contribution < 1.29 is 18.0 Å². The fraction of sp³-hybridized carbons (Fsp3) is 0.250. The van der Waals surface area contributed by atoms with Crippen molar-refractivity contribution in [3.8, 4) is 0 Å². The van der Waals surface area contributed by atoms with Gasteiger partial charge in [0.05, 0.1) is 11.6 Å². The first-order valence-corrected chi connectivity index (χ1v) is 4.94. The van der Waals surface area contributed by atoms with E-state index in [2.05, 4.69) is 0 Å². The second-order valence-electron chi connectivity index (χ2n) is 3.72. The summed E-state index contributed by atoms with van der Waals surface area (Å²) < 4.78 is 32.0. The molecule has 1 atom stereocenters. The van der Waals surface area contributed by atoms with E-state index in [0.717, 1.165) is 6.07 Å². The highest BCUT2D eigenvalue weighted by Gasteiger charge is 2.19. The molecule has 84 valence electrons. The first-order chi connectivity index (χ1) is 7.65. The third kappa shape index (κ3) is 1.60. The van der Waals surface area contributed by atoms with E-state index in [9.17, 15) is 13.6 Å². The van der Waals surface area contributed by atoms with E-state index in [-0.39, 0.29) is 28.9 Å². The van der Waals surface area contributed by atoms with Gasteiger partial charge < -0.3 is 9.21 Å². The number of benzene rings is 1. The lowest BCUT2D eigenvalue weighted by atomic mass is 9.96. The summed E-state index contributed by atoms with van der Waals surface area (Å²) >= 11 is 0. The summed E-state index contributed by atoms with van der Waals surface area (Å²) in [6, 6.07) is 2.27. The molecule has 0 bridgehead atoms. The summed E-state index contributed by atoms with van der Waals surface area (Å²) in [6.45, 7) is 1.70. The van der Waals surface area contributed by atoms with Crippen LogP contribution in [0.1, 0.15) is 24.8 Å². The molecule has 0 spiro atoms. The molecule has 0 saturated heterocycles. The molecule has 16 heavy (non-hydrogen) atoms. The van der Waals surface area contributed by atoms with Crippen LogP contribution in [0.4, 0.5) is 8.78 Å². The number of fused-ring (bicyclic) bond motifs is 1. The fourth-order valence-corrected chi connectivity index (χ4v) is 1.80. The third-order valence-corrected chi connectivity index (χ3v) is 2.62. The average Bonchev–Trinajstić information content (AvgIpc) is 2.66. The molecule has 0 aliphatic carbocycles. The van der Waals surface area contributed by atoms with Crippen molar-refractivity contribution in [1.82, 2.24) is 0 Å². The molecule has 1 aromatic heterocycles. The second-order valence-corrected chi connectivity index (χ2v) is 3.72. The molecule has 0 N–H and O–H groups in total. The van der Waals surface area contributed by atoms with Crippen molar-refractivity contribution in [2.45, 2.75) is 19.3 Å². The van der Waals surface area contributed by atoms with Crippen LogP contribution < -0.4 is 0 Å². The molecule has 0 fully saturated rings. The Morgan fingerprint density at radius 1 is 1.44 bits per heavy atom. The lowest BCUT2D eigenvalue weighted by molar-refractivity contribution is -0.108. The van der Waals surface area contributed by atoms with E-state index in [4.69, 9.17) is 4.42 Å². The minimum atomic E-state index is -0.672. The SMILES string of the molecule is CC(CC=O)c1c(F)cc(F)c2ccoc12. The Hall–Kier alpha value is -1.71. The monoisotopic (exact) mass is 224 g/mol. The maximum Gasteiger partial charge on any atom is 0.143 e. The zero-order valence-corrected chi connectivity index (χ0v) is 8.67. The standard InChI is InChI=1S/C12H10F2O2/c1-7(2-4-15)11-10(14)6-9(13)8-3-5-16-12(8)11/h3-7H,2H2,1H3. The molecule has 2 nitrogen and oxygen atoms in total. The van der Waals surface area contributed by atoms with Gasteiger partial charge in [0.15, 0.2) is 0 Å². The van der Waals surface area contributed by atoms with Gasteiger partial charge in [-0.1, -0.05) is 6.92 Å². The van der Waals surface area contributed by atoms with Crippen molar-refractivity contribution in [2.24, 2.45) is 0 Å². The first-order valence-electron chi connectivity index (χ1n) is 4.94. The molecule has 0 radical (unpaired) electrons. The van der Waals surface area contributed by atoms with Gasteiger partial charge in [-0.15, -0.1) is 0 Å². The summed E-state index contributed by atoms with van der Waals surface area (Å²) in [5.41, 5.74) is 0.445. The van der Waals surface area contributed by atoms with Crippen LogP contribution >= 0.6 is 0 Å². The van der Waals surface area contributed by atoms with E-state index in [1.165, 1.54) is 12.3 Å². The van der Waals surface area contributed by atoms with E-state index in [0.29, 0.717) is 6.29 Å². The largest absolute Gasteiger partial charge is 0.464 e. The number of halogens is 2. The minimum absolute atomic E-state index is 0.179. The predicted octanol–water partition coefficient (Wildman–Crippen LogP) is 3.40. The van der Waals surface area contributed by atoms with Gasteiger partial charge in [0.2, 0.25) is 0 Å². The average molecular weight is 224 g/mol. The number of hydrogen-bond acceptors (Lipinski definition) is 2. The molecule has 1 heterocycles. The number of carbonyl (C=O) groups excluding carboxylic acids is 1. The van der Waals surface area contributed by atoms with Crippen molar-refractivity contribution in [1.29, 1.82) is 0 Å². The minimum Gasteiger partial charge on any atom is -0.464 e. The second kappa shape index (κ2) is 4.04. The Bertz CT molecular complexity index is 531. The highest BCUT2D eigenvalue weighted by molar-refractivity contribution is 5.82. The third-order valence-electron chi connectivity index (χ3n) is 2.62. The number of aldehydes is 1. The lowest BCUT2D eigenvalue weighted by Crippen LogP contribution is -2.00. The van der Waals surface area contributed by atoms with Gasteiger partial charge in [-0.3, -0.25) is 0 Å². The Kier molecular flexibility index (Phi) is 2.73. The molecule has 1 aromatic carbocycles. The molecule has 1 unspecified atom stereocenters. The van der Waals surface area contributed by atoms with Crippen LogP contribution in [-0.4, -0.2) is 6.29 Å².